The van der Waals surface area contributed by atoms with Crippen molar-refractivity contribution in [2.24, 2.45) is 0 Å². The van der Waals surface area contributed by atoms with Crippen molar-refractivity contribution < 1.29 is 21.9 Å². The maximum Gasteiger partial charge on any atom is 0.161 e. The number of hydrogen-bond donors (Lipinski definition) is 2. The lowest BCUT2D eigenvalue weighted by Crippen LogP contribution is -2.42. The Balaban J connectivity index is 0.00000135. The third kappa shape index (κ3) is 8.58. The first-order valence-corrected chi connectivity index (χ1v) is 14.6. The fraction of sp³-hybridized carbons (Fsp3) is 0.500. The average molecular weight is 572 g/mol. The lowest BCUT2D eigenvalue weighted by molar-refractivity contribution is 0.277. The molecule has 0 amide bonds. The second-order valence-corrected chi connectivity index (χ2v) is 12.3. The number of methoxy groups -OCH3 is 1. The molecule has 6 nitrogen and oxygen atoms in total. The number of benzene rings is 1. The fourth-order valence-electron chi connectivity index (χ4n) is 3.61. The number of hydrogen-bond acceptors (Lipinski definition) is 6. The number of pyridine rings is 1. The van der Waals surface area contributed by atoms with E-state index in [1.807, 2.05) is 13.8 Å². The highest BCUT2D eigenvalue weighted by atomic mass is 35.5. The van der Waals surface area contributed by atoms with Crippen LogP contribution in [0.4, 0.5) is 14.5 Å². The number of halogens is 3. The zero-order valence-electron chi connectivity index (χ0n) is 23.5. The zero-order valence-corrected chi connectivity index (χ0v) is 25.1. The molecule has 3 rings (SSSR count). The number of ether oxygens (including phenoxy) is 1. The predicted molar refractivity (Wildman–Crippen MR) is 154 cm³/mol. The van der Waals surface area contributed by atoms with Gasteiger partial charge in [-0.15, -0.1) is 0 Å². The molecule has 1 aliphatic carbocycles. The van der Waals surface area contributed by atoms with Crippen LogP contribution in [0.25, 0.3) is 5.70 Å². The Labute approximate surface area is 231 Å². The van der Waals surface area contributed by atoms with Gasteiger partial charge in [0.15, 0.2) is 15.7 Å². The van der Waals surface area contributed by atoms with Crippen LogP contribution in [0.5, 0.6) is 0 Å². The Kier molecular flexibility index (Phi) is 13.0. The van der Waals surface area contributed by atoms with Crippen molar-refractivity contribution >= 4 is 38.5 Å². The third-order valence-corrected chi connectivity index (χ3v) is 8.97. The molecule has 1 unspecified atom stereocenters. The number of nitrogens with zero attached hydrogens (tertiary/aromatic N) is 1. The van der Waals surface area contributed by atoms with Crippen molar-refractivity contribution in [3.63, 3.8) is 0 Å². The van der Waals surface area contributed by atoms with Crippen LogP contribution in [0.1, 0.15) is 78.0 Å². The number of sulfone groups is 1. The summed E-state index contributed by atoms with van der Waals surface area (Å²) in [6.07, 6.45) is 3.28. The van der Waals surface area contributed by atoms with E-state index in [-0.39, 0.29) is 27.7 Å². The van der Waals surface area contributed by atoms with Gasteiger partial charge in [-0.3, -0.25) is 4.98 Å². The van der Waals surface area contributed by atoms with Gasteiger partial charge in [0, 0.05) is 31.8 Å². The van der Waals surface area contributed by atoms with Gasteiger partial charge >= 0.3 is 0 Å². The van der Waals surface area contributed by atoms with Gasteiger partial charge in [0.2, 0.25) is 0 Å². The van der Waals surface area contributed by atoms with Crippen LogP contribution in [-0.2, 0) is 14.6 Å². The molecule has 212 valence electrons. The van der Waals surface area contributed by atoms with Gasteiger partial charge in [0.25, 0.3) is 0 Å². The Bertz CT molecular complexity index is 1240. The second kappa shape index (κ2) is 14.7. The van der Waals surface area contributed by atoms with E-state index < -0.39 is 32.1 Å². The van der Waals surface area contributed by atoms with E-state index in [2.05, 4.69) is 15.0 Å². The molecule has 0 bridgehead atoms. The van der Waals surface area contributed by atoms with Crippen molar-refractivity contribution in [1.82, 2.24) is 4.98 Å². The van der Waals surface area contributed by atoms with Crippen LogP contribution in [0, 0.1) is 17.0 Å². The van der Waals surface area contributed by atoms with Gasteiger partial charge in [-0.05, 0) is 74.4 Å². The van der Waals surface area contributed by atoms with Gasteiger partial charge in [0.1, 0.15) is 16.3 Å². The summed E-state index contributed by atoms with van der Waals surface area (Å²) in [6, 6.07) is 5.52. The summed E-state index contributed by atoms with van der Waals surface area (Å²) in [5.74, 6) is -2.04. The number of anilines is 1. The second-order valence-electron chi connectivity index (χ2n) is 9.26. The number of rotatable bonds is 9. The topological polar surface area (TPSA) is 92.1 Å². The molecule has 0 radical (unpaired) electrons. The molecule has 1 aromatic carbocycles. The van der Waals surface area contributed by atoms with Crippen LogP contribution in [0.2, 0.25) is 5.02 Å². The highest BCUT2D eigenvalue weighted by Gasteiger charge is 2.39. The van der Waals surface area contributed by atoms with E-state index in [9.17, 15) is 17.2 Å². The highest BCUT2D eigenvalue weighted by molar-refractivity contribution is 7.93. The molecule has 1 fully saturated rings. The van der Waals surface area contributed by atoms with Gasteiger partial charge in [-0.2, -0.15) is 0 Å². The maximum atomic E-state index is 14.7. The molecule has 0 saturated heterocycles. The zero-order chi connectivity index (χ0) is 29.3. The van der Waals surface area contributed by atoms with E-state index in [0.29, 0.717) is 17.8 Å². The quantitative estimate of drug-likeness (QED) is 0.302. The van der Waals surface area contributed by atoms with Crippen LogP contribution in [0.15, 0.2) is 36.0 Å². The third-order valence-electron chi connectivity index (χ3n) is 6.02. The molecule has 2 N–H and O–H groups in total. The van der Waals surface area contributed by atoms with Gasteiger partial charge in [0.05, 0.1) is 16.5 Å². The summed E-state index contributed by atoms with van der Waals surface area (Å²) in [5, 5.41) is 11.4. The fourth-order valence-corrected chi connectivity index (χ4v) is 5.53. The Morgan fingerprint density at radius 1 is 1.18 bits per heavy atom. The summed E-state index contributed by atoms with van der Waals surface area (Å²) >= 11 is 5.82. The van der Waals surface area contributed by atoms with Crippen molar-refractivity contribution in [3.8, 4) is 0 Å². The van der Waals surface area contributed by atoms with Crippen molar-refractivity contribution in [2.75, 3.05) is 25.3 Å². The molecule has 0 aliphatic heterocycles. The van der Waals surface area contributed by atoms with Gasteiger partial charge in [-0.1, -0.05) is 39.3 Å². The van der Waals surface area contributed by atoms with E-state index in [1.165, 1.54) is 38.2 Å². The Hall–Kier alpha value is -2.36. The summed E-state index contributed by atoms with van der Waals surface area (Å²) in [5.41, 5.74) is 2.48. The minimum atomic E-state index is -3.72. The summed E-state index contributed by atoms with van der Waals surface area (Å²) in [7, 11) is -0.470. The van der Waals surface area contributed by atoms with Crippen LogP contribution in [0.3, 0.4) is 0 Å². The first kappa shape index (κ1) is 33.7. The largest absolute Gasteiger partial charge is 0.388 e. The minimum Gasteiger partial charge on any atom is -0.388 e. The molecule has 1 aromatic heterocycles. The molecule has 38 heavy (non-hydrogen) atoms. The lowest BCUT2D eigenvalue weighted by Gasteiger charge is -2.27. The average Bonchev–Trinajstić information content (AvgIpc) is 3.70. The van der Waals surface area contributed by atoms with E-state index in [0.717, 1.165) is 18.4 Å². The SMILES string of the molecule is CC.CCC(=N)C(C)(C)S(=O)(=O)CC(C)c1cc(NC(=C2CC2)c2ncc(Cl)cc2F)ccc1F.COC. The van der Waals surface area contributed by atoms with E-state index in [1.54, 1.807) is 34.1 Å². The van der Waals surface area contributed by atoms with Gasteiger partial charge in [-0.25, -0.2) is 17.2 Å². The van der Waals surface area contributed by atoms with Gasteiger partial charge < -0.3 is 15.5 Å². The molecule has 1 heterocycles. The number of aromatic nitrogens is 1. The first-order valence-electron chi connectivity index (χ1n) is 12.6. The van der Waals surface area contributed by atoms with Crippen molar-refractivity contribution in [1.29, 1.82) is 5.41 Å². The molecule has 10 heteroatoms. The molecule has 1 saturated carbocycles. The first-order chi connectivity index (χ1) is 17.8. The highest BCUT2D eigenvalue weighted by Crippen LogP contribution is 2.38. The van der Waals surface area contributed by atoms with E-state index in [4.69, 9.17) is 17.0 Å². The summed E-state index contributed by atoms with van der Waals surface area (Å²) in [6.45, 7) is 10.4. The number of nitrogens with one attached hydrogen (secondary N) is 2. The smallest absolute Gasteiger partial charge is 0.161 e. The Morgan fingerprint density at radius 3 is 2.26 bits per heavy atom. The maximum absolute atomic E-state index is 14.7. The number of allylic oxidation sites excluding steroid dienone is 1. The Morgan fingerprint density at radius 2 is 1.76 bits per heavy atom. The van der Waals surface area contributed by atoms with Crippen LogP contribution >= 0.6 is 11.6 Å². The molecule has 1 aliphatic rings. The molecule has 2 aromatic rings. The van der Waals surface area contributed by atoms with Crippen molar-refractivity contribution in [2.45, 2.75) is 71.5 Å². The predicted octanol–water partition coefficient (Wildman–Crippen LogP) is 7.65. The summed E-state index contributed by atoms with van der Waals surface area (Å²) in [4.78, 5) is 4.11. The minimum absolute atomic E-state index is 0.115. The van der Waals surface area contributed by atoms with E-state index >= 15 is 0 Å². The molecular weight excluding hydrogens is 532 g/mol. The molecule has 1 atom stereocenters. The molecule has 0 spiro atoms. The van der Waals surface area contributed by atoms with Crippen LogP contribution < -0.4 is 5.32 Å². The lowest BCUT2D eigenvalue weighted by atomic mass is 10.0. The van der Waals surface area contributed by atoms with Crippen molar-refractivity contribution in [3.05, 3.63) is 63.9 Å². The normalized spacial score (nSPS) is 13.4. The molecular formula is C28H40ClF2N3O3S. The monoisotopic (exact) mass is 571 g/mol. The standard InChI is InChI=1S/C24H28ClF2N3O2S.C2H6O.C2H6/c1-5-21(28)24(3,4)33(31,32)13-14(2)18-11-17(8-9-19(18)26)30-22(15-6-7-15)23-20(27)10-16(25)12-29-23;1-3-2;1-2/h8-12,14,28,30H,5-7,13H2,1-4H3;1-2H3;1-2H3. The van der Waals surface area contributed by atoms with Crippen LogP contribution in [-0.4, -0.2) is 43.8 Å². The summed E-state index contributed by atoms with van der Waals surface area (Å²) < 4.78 is 58.1.